The number of imidazole rings is 2. The van der Waals surface area contributed by atoms with Crippen LogP contribution in [0.1, 0.15) is 35.4 Å². The number of amides is 1. The monoisotopic (exact) mass is 358 g/mol. The van der Waals surface area contributed by atoms with Crippen molar-refractivity contribution in [3.63, 3.8) is 0 Å². The molecule has 1 amide bonds. The quantitative estimate of drug-likeness (QED) is 0.656. The number of nitrogens with one attached hydrogen (secondary N) is 1. The van der Waals surface area contributed by atoms with Crippen LogP contribution in [-0.2, 0) is 13.1 Å². The van der Waals surface area contributed by atoms with Gasteiger partial charge >= 0.3 is 0 Å². The van der Waals surface area contributed by atoms with Gasteiger partial charge in [-0.25, -0.2) is 9.97 Å². The Morgan fingerprint density at radius 1 is 1.28 bits per heavy atom. The van der Waals surface area contributed by atoms with E-state index >= 15 is 0 Å². The van der Waals surface area contributed by atoms with Gasteiger partial charge in [-0.3, -0.25) is 9.20 Å². The minimum absolute atomic E-state index is 0.0728. The van der Waals surface area contributed by atoms with Gasteiger partial charge in [0, 0.05) is 50.1 Å². The van der Waals surface area contributed by atoms with Crippen LogP contribution in [0.2, 0.25) is 0 Å². The molecule has 1 aliphatic rings. The lowest BCUT2D eigenvalue weighted by Gasteiger charge is -2.15. The summed E-state index contributed by atoms with van der Waals surface area (Å²) >= 11 is 1.57. The Morgan fingerprint density at radius 3 is 2.96 bits per heavy atom. The van der Waals surface area contributed by atoms with Gasteiger partial charge in [-0.1, -0.05) is 0 Å². The molecule has 0 radical (unpaired) electrons. The number of hydrogen-bond donors (Lipinski definition) is 1. The van der Waals surface area contributed by atoms with E-state index in [0.717, 1.165) is 56.1 Å². The Morgan fingerprint density at radius 2 is 2.16 bits per heavy atom. The van der Waals surface area contributed by atoms with E-state index in [0.29, 0.717) is 12.2 Å². The number of carbonyl (C=O) groups is 1. The summed E-state index contributed by atoms with van der Waals surface area (Å²) in [5.41, 5.74) is 1.58. The van der Waals surface area contributed by atoms with E-state index in [1.54, 1.807) is 17.5 Å². The van der Waals surface area contributed by atoms with Gasteiger partial charge in [0.2, 0.25) is 0 Å². The van der Waals surface area contributed by atoms with Crippen molar-refractivity contribution in [1.82, 2.24) is 29.2 Å². The molecule has 4 rings (SSSR count). The molecule has 1 N–H and O–H groups in total. The van der Waals surface area contributed by atoms with Crippen LogP contribution in [0.4, 0.5) is 0 Å². The first-order valence-electron chi connectivity index (χ1n) is 8.73. The van der Waals surface area contributed by atoms with Crippen molar-refractivity contribution in [1.29, 1.82) is 0 Å². The van der Waals surface area contributed by atoms with E-state index in [1.165, 1.54) is 0 Å². The van der Waals surface area contributed by atoms with E-state index in [1.807, 2.05) is 33.4 Å². The number of aromatic nitrogens is 4. The van der Waals surface area contributed by atoms with Crippen LogP contribution < -0.4 is 5.32 Å². The maximum atomic E-state index is 12.8. The SMILES string of the molecule is O=C(c1nc2sccn2c1CNCCCn1ccnc1)N1CCCC1. The van der Waals surface area contributed by atoms with Crippen molar-refractivity contribution in [3.05, 3.63) is 41.7 Å². The normalized spacial score (nSPS) is 14.6. The molecule has 0 unspecified atom stereocenters. The standard InChI is InChI=1S/C17H22N6OS/c24-16(22-7-1-2-8-22)15-14(23-10-11-25-17(23)20-15)12-18-4-3-6-21-9-5-19-13-21/h5,9-11,13,18H,1-4,6-8,12H2. The Hall–Kier alpha value is -2.19. The fourth-order valence-corrected chi connectivity index (χ4v) is 3.99. The summed E-state index contributed by atoms with van der Waals surface area (Å²) in [6, 6.07) is 0. The minimum atomic E-state index is 0.0728. The van der Waals surface area contributed by atoms with Crippen molar-refractivity contribution in [2.24, 2.45) is 0 Å². The maximum absolute atomic E-state index is 12.8. The number of rotatable bonds is 7. The molecule has 1 saturated heterocycles. The average molecular weight is 358 g/mol. The summed E-state index contributed by atoms with van der Waals surface area (Å²) in [4.78, 5) is 24.3. The zero-order valence-corrected chi connectivity index (χ0v) is 14.9. The van der Waals surface area contributed by atoms with Crippen LogP contribution in [0.15, 0.2) is 30.3 Å². The Kier molecular flexibility index (Phi) is 4.80. The fraction of sp³-hybridized carbons (Fsp3) is 0.471. The molecule has 4 heterocycles. The van der Waals surface area contributed by atoms with Crippen LogP contribution in [0, 0.1) is 0 Å². The van der Waals surface area contributed by atoms with E-state index < -0.39 is 0 Å². The minimum Gasteiger partial charge on any atom is -0.337 e. The van der Waals surface area contributed by atoms with E-state index in [2.05, 4.69) is 19.9 Å². The topological polar surface area (TPSA) is 67.5 Å². The summed E-state index contributed by atoms with van der Waals surface area (Å²) in [7, 11) is 0. The number of hydrogen-bond acceptors (Lipinski definition) is 5. The first-order chi connectivity index (χ1) is 12.3. The summed E-state index contributed by atoms with van der Waals surface area (Å²) in [5.74, 6) is 0.0728. The highest BCUT2D eigenvalue weighted by Crippen LogP contribution is 2.20. The van der Waals surface area contributed by atoms with Gasteiger partial charge in [0.1, 0.15) is 0 Å². The summed E-state index contributed by atoms with van der Waals surface area (Å²) in [6.07, 6.45) is 10.8. The number of fused-ring (bicyclic) bond motifs is 1. The highest BCUT2D eigenvalue weighted by Gasteiger charge is 2.26. The predicted molar refractivity (Wildman–Crippen MR) is 96.8 cm³/mol. The molecule has 132 valence electrons. The third-order valence-electron chi connectivity index (χ3n) is 4.58. The van der Waals surface area contributed by atoms with Gasteiger partial charge in [-0.2, -0.15) is 0 Å². The highest BCUT2D eigenvalue weighted by molar-refractivity contribution is 7.15. The van der Waals surface area contributed by atoms with Gasteiger partial charge in [-0.15, -0.1) is 11.3 Å². The fourth-order valence-electron chi connectivity index (χ4n) is 3.26. The molecule has 0 atom stereocenters. The Bertz CT molecular complexity index is 831. The molecule has 0 aliphatic carbocycles. The van der Waals surface area contributed by atoms with Crippen LogP contribution >= 0.6 is 11.3 Å². The number of carbonyl (C=O) groups excluding carboxylic acids is 1. The molecule has 3 aromatic heterocycles. The molecule has 7 nitrogen and oxygen atoms in total. The zero-order chi connectivity index (χ0) is 17.1. The number of aryl methyl sites for hydroxylation is 1. The van der Waals surface area contributed by atoms with Crippen LogP contribution in [0.25, 0.3) is 4.96 Å². The lowest BCUT2D eigenvalue weighted by atomic mass is 10.2. The predicted octanol–water partition coefficient (Wildman–Crippen LogP) is 2.01. The molecule has 3 aromatic rings. The van der Waals surface area contributed by atoms with Crippen LogP contribution in [-0.4, -0.2) is 49.4 Å². The first-order valence-corrected chi connectivity index (χ1v) is 9.61. The summed E-state index contributed by atoms with van der Waals surface area (Å²) in [6.45, 7) is 4.17. The van der Waals surface area contributed by atoms with Crippen molar-refractivity contribution in [2.45, 2.75) is 32.4 Å². The van der Waals surface area contributed by atoms with Gasteiger partial charge in [0.05, 0.1) is 12.0 Å². The van der Waals surface area contributed by atoms with E-state index in [-0.39, 0.29) is 5.91 Å². The van der Waals surface area contributed by atoms with Gasteiger partial charge in [0.25, 0.3) is 5.91 Å². The molecule has 0 saturated carbocycles. The van der Waals surface area contributed by atoms with Crippen LogP contribution in [0.5, 0.6) is 0 Å². The molecule has 0 spiro atoms. The number of nitrogens with zero attached hydrogens (tertiary/aromatic N) is 5. The largest absolute Gasteiger partial charge is 0.337 e. The smallest absolute Gasteiger partial charge is 0.274 e. The second-order valence-corrected chi connectivity index (χ2v) is 7.17. The molecule has 8 heteroatoms. The molecule has 1 aliphatic heterocycles. The summed E-state index contributed by atoms with van der Waals surface area (Å²) < 4.78 is 4.11. The van der Waals surface area contributed by atoms with E-state index in [4.69, 9.17) is 0 Å². The van der Waals surface area contributed by atoms with Crippen molar-refractivity contribution in [3.8, 4) is 0 Å². The lowest BCUT2D eigenvalue weighted by molar-refractivity contribution is 0.0786. The lowest BCUT2D eigenvalue weighted by Crippen LogP contribution is -2.29. The van der Waals surface area contributed by atoms with Crippen LogP contribution in [0.3, 0.4) is 0 Å². The first kappa shape index (κ1) is 16.3. The third-order valence-corrected chi connectivity index (χ3v) is 5.34. The van der Waals surface area contributed by atoms with Crippen molar-refractivity contribution in [2.75, 3.05) is 19.6 Å². The third kappa shape index (κ3) is 3.45. The molecular weight excluding hydrogens is 336 g/mol. The van der Waals surface area contributed by atoms with Gasteiger partial charge < -0.3 is 14.8 Å². The second-order valence-electron chi connectivity index (χ2n) is 6.29. The summed E-state index contributed by atoms with van der Waals surface area (Å²) in [5, 5.41) is 5.47. The molecule has 25 heavy (non-hydrogen) atoms. The highest BCUT2D eigenvalue weighted by atomic mass is 32.1. The van der Waals surface area contributed by atoms with Gasteiger partial charge in [0.15, 0.2) is 10.7 Å². The number of likely N-dealkylation sites (tertiary alicyclic amines) is 1. The zero-order valence-electron chi connectivity index (χ0n) is 14.1. The Labute approximate surface area is 150 Å². The average Bonchev–Trinajstić information content (AvgIpc) is 3.39. The molecule has 0 aromatic carbocycles. The van der Waals surface area contributed by atoms with Crippen molar-refractivity contribution < 1.29 is 4.79 Å². The number of thiazole rings is 1. The second kappa shape index (κ2) is 7.37. The molecule has 0 bridgehead atoms. The van der Waals surface area contributed by atoms with E-state index in [9.17, 15) is 4.79 Å². The molecular formula is C17H22N6OS. The molecule has 1 fully saturated rings. The van der Waals surface area contributed by atoms with Crippen molar-refractivity contribution >= 4 is 22.2 Å². The Balaban J connectivity index is 1.41. The van der Waals surface area contributed by atoms with Gasteiger partial charge in [-0.05, 0) is 25.8 Å². The maximum Gasteiger partial charge on any atom is 0.274 e.